The fraction of sp³-hybridized carbons (Fsp3) is 0.333. The first-order valence-corrected chi connectivity index (χ1v) is 7.14. The van der Waals surface area contributed by atoms with Crippen LogP contribution in [0, 0.1) is 13.8 Å². The van der Waals surface area contributed by atoms with Crippen molar-refractivity contribution in [2.45, 2.75) is 26.9 Å². The Bertz CT molecular complexity index is 620. The minimum absolute atomic E-state index is 0.563. The number of aliphatic hydroxyl groups excluding tert-OH is 1. The molecule has 21 heavy (non-hydrogen) atoms. The summed E-state index contributed by atoms with van der Waals surface area (Å²) >= 11 is 0. The summed E-state index contributed by atoms with van der Waals surface area (Å²) in [5.41, 5.74) is 3.69. The molecule has 112 valence electrons. The number of aryl methyl sites for hydroxylation is 1. The Kier molecular flexibility index (Phi) is 4.86. The summed E-state index contributed by atoms with van der Waals surface area (Å²) in [6.45, 7) is 6.52. The molecule has 0 amide bonds. The molecule has 2 aromatic carbocycles. The number of para-hydroxylation sites is 1. The molecule has 2 aromatic rings. The zero-order chi connectivity index (χ0) is 15.4. The lowest BCUT2D eigenvalue weighted by atomic mass is 9.96. The number of hydrogen-bond donors (Lipinski definition) is 1. The van der Waals surface area contributed by atoms with E-state index in [1.807, 2.05) is 57.2 Å². The number of benzene rings is 2. The third-order valence-corrected chi connectivity index (χ3v) is 3.72. The van der Waals surface area contributed by atoms with Crippen molar-refractivity contribution in [1.29, 1.82) is 0 Å². The molecule has 0 aliphatic rings. The summed E-state index contributed by atoms with van der Waals surface area (Å²) in [7, 11) is 1.63. The molecule has 2 rings (SSSR count). The second kappa shape index (κ2) is 6.64. The molecule has 0 saturated carbocycles. The van der Waals surface area contributed by atoms with Crippen molar-refractivity contribution in [3.63, 3.8) is 0 Å². The van der Waals surface area contributed by atoms with E-state index in [0.717, 1.165) is 28.0 Å². The van der Waals surface area contributed by atoms with E-state index in [9.17, 15) is 5.11 Å². The molecule has 3 heteroatoms. The highest BCUT2D eigenvalue weighted by Gasteiger charge is 2.20. The topological polar surface area (TPSA) is 38.7 Å². The second-order valence-corrected chi connectivity index (χ2v) is 5.00. The largest absolute Gasteiger partial charge is 0.496 e. The van der Waals surface area contributed by atoms with Crippen molar-refractivity contribution in [2.75, 3.05) is 13.7 Å². The van der Waals surface area contributed by atoms with Gasteiger partial charge in [0.2, 0.25) is 0 Å². The smallest absolute Gasteiger partial charge is 0.128 e. The lowest BCUT2D eigenvalue weighted by Gasteiger charge is -2.20. The quantitative estimate of drug-likeness (QED) is 0.908. The monoisotopic (exact) mass is 286 g/mol. The maximum Gasteiger partial charge on any atom is 0.128 e. The maximum atomic E-state index is 10.8. The molecule has 0 radical (unpaired) electrons. The normalized spacial score (nSPS) is 12.0. The average Bonchev–Trinajstić information content (AvgIpc) is 2.50. The molecule has 1 N–H and O–H groups in total. The van der Waals surface area contributed by atoms with E-state index in [1.54, 1.807) is 7.11 Å². The van der Waals surface area contributed by atoms with E-state index in [2.05, 4.69) is 0 Å². The molecular formula is C18H22O3. The van der Waals surface area contributed by atoms with Crippen LogP contribution in [-0.4, -0.2) is 18.8 Å². The summed E-state index contributed by atoms with van der Waals surface area (Å²) in [5, 5.41) is 10.8. The summed E-state index contributed by atoms with van der Waals surface area (Å²) in [6, 6.07) is 11.5. The molecule has 1 atom stereocenters. The van der Waals surface area contributed by atoms with Crippen LogP contribution in [0.5, 0.6) is 11.5 Å². The Labute approximate surface area is 126 Å². The van der Waals surface area contributed by atoms with Gasteiger partial charge in [0.25, 0.3) is 0 Å². The van der Waals surface area contributed by atoms with Crippen molar-refractivity contribution in [2.24, 2.45) is 0 Å². The number of aliphatic hydroxyl groups is 1. The van der Waals surface area contributed by atoms with Gasteiger partial charge in [-0.25, -0.2) is 0 Å². The van der Waals surface area contributed by atoms with Gasteiger partial charge in [-0.05, 0) is 38.0 Å². The van der Waals surface area contributed by atoms with Crippen LogP contribution in [-0.2, 0) is 0 Å². The third kappa shape index (κ3) is 3.03. The van der Waals surface area contributed by atoms with Crippen LogP contribution in [0.1, 0.15) is 35.3 Å². The summed E-state index contributed by atoms with van der Waals surface area (Å²) in [4.78, 5) is 0. The van der Waals surface area contributed by atoms with Crippen molar-refractivity contribution < 1.29 is 14.6 Å². The van der Waals surface area contributed by atoms with Crippen LogP contribution in [0.15, 0.2) is 36.4 Å². The van der Waals surface area contributed by atoms with Gasteiger partial charge in [0, 0.05) is 11.1 Å². The highest BCUT2D eigenvalue weighted by atomic mass is 16.5. The van der Waals surface area contributed by atoms with E-state index >= 15 is 0 Å². The molecule has 0 aliphatic heterocycles. The molecule has 0 fully saturated rings. The number of rotatable bonds is 5. The molecule has 0 aromatic heterocycles. The van der Waals surface area contributed by atoms with E-state index in [-0.39, 0.29) is 0 Å². The van der Waals surface area contributed by atoms with Crippen LogP contribution in [0.2, 0.25) is 0 Å². The lowest BCUT2D eigenvalue weighted by molar-refractivity contribution is 0.206. The highest BCUT2D eigenvalue weighted by molar-refractivity contribution is 5.50. The molecule has 0 bridgehead atoms. The Balaban J connectivity index is 2.50. The van der Waals surface area contributed by atoms with E-state index in [0.29, 0.717) is 12.4 Å². The van der Waals surface area contributed by atoms with Gasteiger partial charge in [0.15, 0.2) is 0 Å². The van der Waals surface area contributed by atoms with Crippen molar-refractivity contribution in [3.8, 4) is 11.5 Å². The SMILES string of the molecule is CCOc1ccccc1C(O)c1ccc(C)c(C)c1OC. The van der Waals surface area contributed by atoms with Gasteiger partial charge in [-0.1, -0.05) is 30.3 Å². The minimum atomic E-state index is -0.776. The summed E-state index contributed by atoms with van der Waals surface area (Å²) in [6.07, 6.45) is -0.776. The van der Waals surface area contributed by atoms with Gasteiger partial charge in [0.1, 0.15) is 17.6 Å². The average molecular weight is 286 g/mol. The van der Waals surface area contributed by atoms with E-state index in [4.69, 9.17) is 9.47 Å². The first-order chi connectivity index (χ1) is 10.1. The second-order valence-electron chi connectivity index (χ2n) is 5.00. The van der Waals surface area contributed by atoms with Crippen molar-refractivity contribution >= 4 is 0 Å². The lowest BCUT2D eigenvalue weighted by Crippen LogP contribution is -2.07. The number of ether oxygens (including phenoxy) is 2. The van der Waals surface area contributed by atoms with E-state index in [1.165, 1.54) is 0 Å². The molecule has 0 aliphatic carbocycles. The van der Waals surface area contributed by atoms with Crippen LogP contribution in [0.25, 0.3) is 0 Å². The first-order valence-electron chi connectivity index (χ1n) is 7.14. The third-order valence-electron chi connectivity index (χ3n) is 3.72. The predicted octanol–water partition coefficient (Wildman–Crippen LogP) is 3.79. The van der Waals surface area contributed by atoms with Crippen molar-refractivity contribution in [3.05, 3.63) is 58.7 Å². The minimum Gasteiger partial charge on any atom is -0.496 e. The van der Waals surface area contributed by atoms with E-state index < -0.39 is 6.10 Å². The van der Waals surface area contributed by atoms with Crippen molar-refractivity contribution in [1.82, 2.24) is 0 Å². The Morgan fingerprint density at radius 2 is 1.76 bits per heavy atom. The predicted molar refractivity (Wildman–Crippen MR) is 84.1 cm³/mol. The molecule has 3 nitrogen and oxygen atoms in total. The van der Waals surface area contributed by atoms with Crippen LogP contribution >= 0.6 is 0 Å². The number of hydrogen-bond acceptors (Lipinski definition) is 3. The standard InChI is InChI=1S/C18H22O3/c1-5-21-16-9-7-6-8-14(16)17(19)15-11-10-12(2)13(3)18(15)20-4/h6-11,17,19H,5H2,1-4H3. The van der Waals surface area contributed by atoms with Gasteiger partial charge in [-0.3, -0.25) is 0 Å². The van der Waals surface area contributed by atoms with Gasteiger partial charge < -0.3 is 14.6 Å². The van der Waals surface area contributed by atoms with Crippen LogP contribution < -0.4 is 9.47 Å². The zero-order valence-electron chi connectivity index (χ0n) is 13.0. The maximum absolute atomic E-state index is 10.8. The first kappa shape index (κ1) is 15.4. The summed E-state index contributed by atoms with van der Waals surface area (Å²) in [5.74, 6) is 1.43. The van der Waals surface area contributed by atoms with Gasteiger partial charge in [-0.2, -0.15) is 0 Å². The van der Waals surface area contributed by atoms with Crippen LogP contribution in [0.3, 0.4) is 0 Å². The number of methoxy groups -OCH3 is 1. The Morgan fingerprint density at radius 3 is 2.43 bits per heavy atom. The molecule has 0 spiro atoms. The van der Waals surface area contributed by atoms with Gasteiger partial charge >= 0.3 is 0 Å². The highest BCUT2D eigenvalue weighted by Crippen LogP contribution is 2.37. The molecule has 0 saturated heterocycles. The fourth-order valence-electron chi connectivity index (χ4n) is 2.46. The Hall–Kier alpha value is -2.00. The van der Waals surface area contributed by atoms with Gasteiger partial charge in [-0.15, -0.1) is 0 Å². The Morgan fingerprint density at radius 1 is 1.05 bits per heavy atom. The fourth-order valence-corrected chi connectivity index (χ4v) is 2.46. The molecule has 1 unspecified atom stereocenters. The molecule has 0 heterocycles. The zero-order valence-corrected chi connectivity index (χ0v) is 13.0. The summed E-state index contributed by atoms with van der Waals surface area (Å²) < 4.78 is 11.1. The van der Waals surface area contributed by atoms with Gasteiger partial charge in [0.05, 0.1) is 13.7 Å². The van der Waals surface area contributed by atoms with Crippen LogP contribution in [0.4, 0.5) is 0 Å². The molecular weight excluding hydrogens is 264 g/mol.